The van der Waals surface area contributed by atoms with E-state index in [2.05, 4.69) is 19.8 Å². The Kier molecular flexibility index (Phi) is 5.34. The van der Waals surface area contributed by atoms with Gasteiger partial charge in [-0.25, -0.2) is 13.1 Å². The van der Waals surface area contributed by atoms with E-state index in [1.165, 1.54) is 6.07 Å². The Balaban J connectivity index is 1.34. The average Bonchev–Trinajstić information content (AvgIpc) is 3.51. The number of pyridine rings is 2. The number of nitrogens with zero attached hydrogens (tertiary/aromatic N) is 4. The van der Waals surface area contributed by atoms with Crippen LogP contribution in [0.4, 0.5) is 0 Å². The molecule has 5 rings (SSSR count). The lowest BCUT2D eigenvalue weighted by molar-refractivity contribution is 0.368. The molecule has 0 bridgehead atoms. The monoisotopic (exact) mass is 465 g/mol. The van der Waals surface area contributed by atoms with E-state index < -0.39 is 16.1 Å². The van der Waals surface area contributed by atoms with Crippen LogP contribution >= 0.6 is 0 Å². The van der Waals surface area contributed by atoms with Crippen LogP contribution in [0.2, 0.25) is 0 Å². The zero-order chi connectivity index (χ0) is 23.2. The highest BCUT2D eigenvalue weighted by Gasteiger charge is 2.26. The second-order valence-corrected chi connectivity index (χ2v) is 10.1. The van der Waals surface area contributed by atoms with Crippen molar-refractivity contribution in [3.05, 3.63) is 70.6 Å². The molecular weight excluding hydrogens is 442 g/mol. The van der Waals surface area contributed by atoms with Gasteiger partial charge < -0.3 is 9.09 Å². The van der Waals surface area contributed by atoms with Crippen LogP contribution in [0.25, 0.3) is 22.3 Å². The van der Waals surface area contributed by atoms with Gasteiger partial charge in [-0.15, -0.1) is 0 Å². The third-order valence-electron chi connectivity index (χ3n) is 5.56. The average molecular weight is 466 g/mol. The SMILES string of the molecule is Cc1cnc2c(S(=O)(=O)NC(C)Cc3nc(-c4cccn(C5CC5)c4=O)no3)cccc2c1. The fraction of sp³-hybridized carbons (Fsp3) is 0.304. The Hall–Kier alpha value is -3.37. The number of benzene rings is 1. The van der Waals surface area contributed by atoms with Gasteiger partial charge in [0.25, 0.3) is 5.56 Å². The van der Waals surface area contributed by atoms with Crippen LogP contribution < -0.4 is 10.3 Å². The normalized spacial score (nSPS) is 15.1. The third kappa shape index (κ3) is 4.31. The van der Waals surface area contributed by atoms with E-state index in [4.69, 9.17) is 4.52 Å². The molecule has 1 aliphatic rings. The van der Waals surface area contributed by atoms with Crippen molar-refractivity contribution in [2.45, 2.75) is 50.1 Å². The molecular formula is C23H23N5O4S. The molecule has 0 radical (unpaired) electrons. The number of aryl methyl sites for hydroxylation is 1. The molecule has 3 heterocycles. The maximum absolute atomic E-state index is 13.0. The lowest BCUT2D eigenvalue weighted by Crippen LogP contribution is -2.34. The second-order valence-electron chi connectivity index (χ2n) is 8.44. The Labute approximate surface area is 190 Å². The molecule has 3 aromatic heterocycles. The van der Waals surface area contributed by atoms with Crippen molar-refractivity contribution in [2.24, 2.45) is 0 Å². The lowest BCUT2D eigenvalue weighted by atomic mass is 10.2. The van der Waals surface area contributed by atoms with Crippen LogP contribution in [0.15, 0.2) is 63.0 Å². The van der Waals surface area contributed by atoms with Crippen molar-refractivity contribution >= 4 is 20.9 Å². The minimum absolute atomic E-state index is 0.114. The molecule has 1 aliphatic carbocycles. The van der Waals surface area contributed by atoms with Gasteiger partial charge in [0.2, 0.25) is 21.7 Å². The lowest BCUT2D eigenvalue weighted by Gasteiger charge is -2.13. The van der Waals surface area contributed by atoms with Crippen LogP contribution in [-0.2, 0) is 16.4 Å². The summed E-state index contributed by atoms with van der Waals surface area (Å²) in [7, 11) is -3.84. The maximum atomic E-state index is 13.0. The second kappa shape index (κ2) is 8.20. The molecule has 170 valence electrons. The van der Waals surface area contributed by atoms with Gasteiger partial charge in [0.05, 0.1) is 11.1 Å². The molecule has 1 aromatic carbocycles. The van der Waals surface area contributed by atoms with Crippen LogP contribution in [0.5, 0.6) is 0 Å². The topological polar surface area (TPSA) is 120 Å². The van der Waals surface area contributed by atoms with Crippen molar-refractivity contribution in [3.8, 4) is 11.4 Å². The summed E-state index contributed by atoms with van der Waals surface area (Å²) in [6.07, 6.45) is 5.57. The highest BCUT2D eigenvalue weighted by Crippen LogP contribution is 2.33. The van der Waals surface area contributed by atoms with Gasteiger partial charge in [-0.05, 0) is 56.5 Å². The van der Waals surface area contributed by atoms with Gasteiger partial charge in [0.1, 0.15) is 4.90 Å². The van der Waals surface area contributed by atoms with Gasteiger partial charge in [-0.3, -0.25) is 9.78 Å². The summed E-state index contributed by atoms with van der Waals surface area (Å²) >= 11 is 0. The summed E-state index contributed by atoms with van der Waals surface area (Å²) in [5.74, 6) is 0.446. The molecule has 0 saturated heterocycles. The predicted molar refractivity (Wildman–Crippen MR) is 122 cm³/mol. The van der Waals surface area contributed by atoms with E-state index in [0.29, 0.717) is 11.1 Å². The number of sulfonamides is 1. The van der Waals surface area contributed by atoms with E-state index in [1.807, 2.05) is 19.1 Å². The molecule has 1 fully saturated rings. The number of hydrogen-bond acceptors (Lipinski definition) is 7. The minimum Gasteiger partial charge on any atom is -0.339 e. The first-order valence-electron chi connectivity index (χ1n) is 10.7. The molecule has 0 aliphatic heterocycles. The van der Waals surface area contributed by atoms with Gasteiger partial charge >= 0.3 is 0 Å². The van der Waals surface area contributed by atoms with Crippen molar-refractivity contribution in [3.63, 3.8) is 0 Å². The predicted octanol–water partition coefficient (Wildman–Crippen LogP) is 3.00. The van der Waals surface area contributed by atoms with Gasteiger partial charge in [0.15, 0.2) is 0 Å². The van der Waals surface area contributed by atoms with E-state index >= 15 is 0 Å². The highest BCUT2D eigenvalue weighted by molar-refractivity contribution is 7.89. The molecule has 1 atom stereocenters. The van der Waals surface area contributed by atoms with Crippen LogP contribution in [0, 0.1) is 6.92 Å². The van der Waals surface area contributed by atoms with Crippen LogP contribution in [0.3, 0.4) is 0 Å². The van der Waals surface area contributed by atoms with E-state index in [9.17, 15) is 13.2 Å². The largest absolute Gasteiger partial charge is 0.339 e. The first-order chi connectivity index (χ1) is 15.8. The quantitative estimate of drug-likeness (QED) is 0.445. The Morgan fingerprint density at radius 1 is 1.24 bits per heavy atom. The van der Waals surface area contributed by atoms with Crippen molar-refractivity contribution < 1.29 is 12.9 Å². The number of para-hydroxylation sites is 1. The maximum Gasteiger partial charge on any atom is 0.262 e. The third-order valence-corrected chi connectivity index (χ3v) is 7.18. The van der Waals surface area contributed by atoms with Crippen LogP contribution in [0.1, 0.15) is 37.3 Å². The molecule has 0 spiro atoms. The fourth-order valence-corrected chi connectivity index (χ4v) is 5.28. The van der Waals surface area contributed by atoms with Crippen molar-refractivity contribution in [1.29, 1.82) is 0 Å². The van der Waals surface area contributed by atoms with E-state index in [-0.39, 0.29) is 34.6 Å². The molecule has 1 unspecified atom stereocenters. The van der Waals surface area contributed by atoms with Crippen molar-refractivity contribution in [2.75, 3.05) is 0 Å². The summed E-state index contributed by atoms with van der Waals surface area (Å²) < 4.78 is 35.8. The zero-order valence-electron chi connectivity index (χ0n) is 18.2. The Morgan fingerprint density at radius 3 is 2.85 bits per heavy atom. The van der Waals surface area contributed by atoms with Gasteiger partial charge in [0, 0.05) is 36.3 Å². The Bertz CT molecular complexity index is 1500. The molecule has 10 heteroatoms. The zero-order valence-corrected chi connectivity index (χ0v) is 19.0. The molecule has 0 amide bonds. The summed E-state index contributed by atoms with van der Waals surface area (Å²) in [5.41, 5.74) is 1.58. The summed E-state index contributed by atoms with van der Waals surface area (Å²) in [4.78, 5) is 21.5. The summed E-state index contributed by atoms with van der Waals surface area (Å²) in [6.45, 7) is 3.62. The minimum atomic E-state index is -3.84. The number of rotatable bonds is 7. The van der Waals surface area contributed by atoms with E-state index in [1.54, 1.807) is 42.1 Å². The molecule has 1 saturated carbocycles. The summed E-state index contributed by atoms with van der Waals surface area (Å²) in [5, 5.41) is 4.69. The standard InChI is InChI=1S/C23H23N5O4S/c1-14-11-16-5-3-7-19(21(16)24-13-14)33(30,31)27-15(2)12-20-25-22(26-32-20)18-6-4-10-28(23(18)29)17-8-9-17/h3-7,10-11,13,15,17,27H,8-9,12H2,1-2H3. The molecule has 33 heavy (non-hydrogen) atoms. The van der Waals surface area contributed by atoms with Crippen LogP contribution in [-0.4, -0.2) is 34.2 Å². The van der Waals surface area contributed by atoms with Gasteiger partial charge in [-0.1, -0.05) is 17.3 Å². The number of nitrogens with one attached hydrogen (secondary N) is 1. The van der Waals surface area contributed by atoms with Gasteiger partial charge in [-0.2, -0.15) is 4.98 Å². The number of hydrogen-bond donors (Lipinski definition) is 1. The highest BCUT2D eigenvalue weighted by atomic mass is 32.2. The molecule has 1 N–H and O–H groups in total. The smallest absolute Gasteiger partial charge is 0.262 e. The first kappa shape index (κ1) is 21.5. The summed E-state index contributed by atoms with van der Waals surface area (Å²) in [6, 6.07) is 10.1. The Morgan fingerprint density at radius 2 is 2.06 bits per heavy atom. The molecule has 4 aromatic rings. The van der Waals surface area contributed by atoms with Crippen molar-refractivity contribution in [1.82, 2.24) is 24.4 Å². The number of fused-ring (bicyclic) bond motifs is 1. The first-order valence-corrected chi connectivity index (χ1v) is 12.2. The van der Waals surface area contributed by atoms with E-state index in [0.717, 1.165) is 23.8 Å². The molecule has 9 nitrogen and oxygen atoms in total. The number of aromatic nitrogens is 4. The fourth-order valence-electron chi connectivity index (χ4n) is 3.86.